The Bertz CT molecular complexity index is 290. The smallest absolute Gasteiger partial charge is 0.335 e. The van der Waals surface area contributed by atoms with Crippen LogP contribution in [0.3, 0.4) is 0 Å². The lowest BCUT2D eigenvalue weighted by Gasteiger charge is -2.19. The second kappa shape index (κ2) is 4.57. The highest BCUT2D eigenvalue weighted by Gasteiger charge is 2.27. The van der Waals surface area contributed by atoms with Gasteiger partial charge < -0.3 is 9.84 Å². The summed E-state index contributed by atoms with van der Waals surface area (Å²) in [5.41, 5.74) is -1.09. The Morgan fingerprint density at radius 1 is 1.64 bits per heavy atom. The van der Waals surface area contributed by atoms with Crippen molar-refractivity contribution in [2.24, 2.45) is 0 Å². The van der Waals surface area contributed by atoms with Crippen molar-refractivity contribution in [3.8, 4) is 0 Å². The average molecular weight is 214 g/mol. The summed E-state index contributed by atoms with van der Waals surface area (Å²) in [7, 11) is 0. The number of carboxylic acid groups (broad SMARTS) is 1. The normalized spacial score (nSPS) is 11.6. The first-order valence-corrected chi connectivity index (χ1v) is 5.30. The molecule has 0 aliphatic heterocycles. The van der Waals surface area contributed by atoms with Gasteiger partial charge in [-0.25, -0.2) is 4.79 Å². The molecule has 0 radical (unpaired) electrons. The van der Waals surface area contributed by atoms with Crippen LogP contribution in [0.4, 0.5) is 0 Å². The quantitative estimate of drug-likeness (QED) is 0.817. The molecule has 1 aromatic heterocycles. The summed E-state index contributed by atoms with van der Waals surface area (Å²) in [6.07, 6.45) is 0.772. The van der Waals surface area contributed by atoms with Crippen LogP contribution >= 0.6 is 11.3 Å². The van der Waals surface area contributed by atoms with Crippen molar-refractivity contribution in [2.45, 2.75) is 25.9 Å². The molecule has 0 bridgehead atoms. The fraction of sp³-hybridized carbons (Fsp3) is 0.500. The molecule has 14 heavy (non-hydrogen) atoms. The van der Waals surface area contributed by atoms with E-state index in [9.17, 15) is 4.79 Å². The van der Waals surface area contributed by atoms with E-state index < -0.39 is 11.6 Å². The van der Waals surface area contributed by atoms with Crippen molar-refractivity contribution < 1.29 is 14.6 Å². The molecule has 1 heterocycles. The van der Waals surface area contributed by atoms with Crippen LogP contribution in [0.15, 0.2) is 17.5 Å². The van der Waals surface area contributed by atoms with Crippen molar-refractivity contribution >= 4 is 17.3 Å². The molecule has 0 aromatic carbocycles. The Hall–Kier alpha value is -0.870. The lowest BCUT2D eigenvalue weighted by molar-refractivity contribution is -0.161. The molecule has 0 aliphatic rings. The van der Waals surface area contributed by atoms with E-state index in [1.807, 2.05) is 17.5 Å². The second-order valence-corrected chi connectivity index (χ2v) is 4.53. The first-order chi connectivity index (χ1) is 6.52. The number of ether oxygens (including phenoxy) is 1. The monoisotopic (exact) mass is 214 g/mol. The minimum Gasteiger partial charge on any atom is -0.479 e. The van der Waals surface area contributed by atoms with Gasteiger partial charge in [0.05, 0.1) is 6.61 Å². The van der Waals surface area contributed by atoms with E-state index in [1.165, 1.54) is 4.88 Å². The van der Waals surface area contributed by atoms with Crippen LogP contribution in [0.2, 0.25) is 0 Å². The summed E-state index contributed by atoms with van der Waals surface area (Å²) in [5, 5.41) is 10.8. The van der Waals surface area contributed by atoms with Gasteiger partial charge in [0.25, 0.3) is 0 Å². The van der Waals surface area contributed by atoms with Crippen LogP contribution < -0.4 is 0 Å². The number of hydrogen-bond acceptors (Lipinski definition) is 3. The van der Waals surface area contributed by atoms with E-state index in [0.717, 1.165) is 6.42 Å². The van der Waals surface area contributed by atoms with Gasteiger partial charge >= 0.3 is 5.97 Å². The molecular weight excluding hydrogens is 200 g/mol. The van der Waals surface area contributed by atoms with Gasteiger partial charge in [-0.05, 0) is 25.3 Å². The topological polar surface area (TPSA) is 46.5 Å². The Morgan fingerprint density at radius 3 is 2.86 bits per heavy atom. The van der Waals surface area contributed by atoms with Crippen molar-refractivity contribution in [2.75, 3.05) is 6.61 Å². The maximum Gasteiger partial charge on any atom is 0.335 e. The van der Waals surface area contributed by atoms with E-state index in [4.69, 9.17) is 9.84 Å². The molecule has 3 nitrogen and oxygen atoms in total. The minimum atomic E-state index is -1.09. The van der Waals surface area contributed by atoms with Gasteiger partial charge in [0.2, 0.25) is 0 Å². The van der Waals surface area contributed by atoms with Gasteiger partial charge in [0.15, 0.2) is 5.60 Å². The summed E-state index contributed by atoms with van der Waals surface area (Å²) in [4.78, 5) is 11.9. The highest BCUT2D eigenvalue weighted by molar-refractivity contribution is 7.09. The van der Waals surface area contributed by atoms with E-state index in [1.54, 1.807) is 25.2 Å². The van der Waals surface area contributed by atoms with Crippen molar-refractivity contribution in [1.82, 2.24) is 0 Å². The standard InChI is InChI=1S/C10H14O3S/c1-10(2,9(11)12)13-6-5-8-4-3-7-14-8/h3-4,7H,5-6H2,1-2H3,(H,11,12). The summed E-state index contributed by atoms with van der Waals surface area (Å²) < 4.78 is 5.27. The molecule has 0 atom stereocenters. The maximum atomic E-state index is 10.7. The highest BCUT2D eigenvalue weighted by Crippen LogP contribution is 2.13. The summed E-state index contributed by atoms with van der Waals surface area (Å²) >= 11 is 1.65. The highest BCUT2D eigenvalue weighted by atomic mass is 32.1. The number of aliphatic carboxylic acids is 1. The summed E-state index contributed by atoms with van der Waals surface area (Å²) in [6.45, 7) is 3.56. The van der Waals surface area contributed by atoms with Crippen LogP contribution in [0.25, 0.3) is 0 Å². The molecule has 0 saturated heterocycles. The van der Waals surface area contributed by atoms with Gasteiger partial charge in [-0.2, -0.15) is 0 Å². The molecule has 1 rings (SSSR count). The van der Waals surface area contributed by atoms with Crippen molar-refractivity contribution in [3.63, 3.8) is 0 Å². The number of hydrogen-bond donors (Lipinski definition) is 1. The Labute approximate surface area is 87.3 Å². The molecule has 0 fully saturated rings. The largest absolute Gasteiger partial charge is 0.479 e. The predicted molar refractivity (Wildman–Crippen MR) is 55.7 cm³/mol. The maximum absolute atomic E-state index is 10.7. The summed E-state index contributed by atoms with van der Waals surface area (Å²) in [6, 6.07) is 3.99. The number of thiophene rings is 1. The van der Waals surface area contributed by atoms with Gasteiger partial charge in [0.1, 0.15) is 0 Å². The van der Waals surface area contributed by atoms with Crippen LogP contribution in [0, 0.1) is 0 Å². The number of rotatable bonds is 5. The second-order valence-electron chi connectivity index (χ2n) is 3.49. The molecule has 1 aromatic rings. The third kappa shape index (κ3) is 3.12. The summed E-state index contributed by atoms with van der Waals surface area (Å²) in [5.74, 6) is -0.927. The fourth-order valence-electron chi connectivity index (χ4n) is 0.923. The van der Waals surface area contributed by atoms with Gasteiger partial charge in [-0.3, -0.25) is 0 Å². The number of carbonyl (C=O) groups is 1. The molecular formula is C10H14O3S. The van der Waals surface area contributed by atoms with E-state index in [-0.39, 0.29) is 0 Å². The van der Waals surface area contributed by atoms with Crippen LogP contribution in [-0.2, 0) is 16.0 Å². The van der Waals surface area contributed by atoms with E-state index >= 15 is 0 Å². The fourth-order valence-corrected chi connectivity index (χ4v) is 1.61. The molecule has 0 amide bonds. The molecule has 0 saturated carbocycles. The van der Waals surface area contributed by atoms with Crippen LogP contribution in [0.1, 0.15) is 18.7 Å². The van der Waals surface area contributed by atoms with Crippen molar-refractivity contribution in [1.29, 1.82) is 0 Å². The molecule has 0 aliphatic carbocycles. The van der Waals surface area contributed by atoms with Gasteiger partial charge in [-0.15, -0.1) is 11.3 Å². The Balaban J connectivity index is 2.31. The number of carboxylic acids is 1. The van der Waals surface area contributed by atoms with E-state index in [0.29, 0.717) is 6.61 Å². The molecule has 78 valence electrons. The van der Waals surface area contributed by atoms with Gasteiger partial charge in [0, 0.05) is 11.3 Å². The third-order valence-electron chi connectivity index (χ3n) is 1.91. The Morgan fingerprint density at radius 2 is 2.36 bits per heavy atom. The first kappa shape index (κ1) is 11.2. The molecule has 4 heteroatoms. The molecule has 0 spiro atoms. The van der Waals surface area contributed by atoms with Gasteiger partial charge in [-0.1, -0.05) is 6.07 Å². The van der Waals surface area contributed by atoms with E-state index in [2.05, 4.69) is 0 Å². The Kier molecular flexibility index (Phi) is 3.66. The lowest BCUT2D eigenvalue weighted by atomic mass is 10.1. The molecule has 1 N–H and O–H groups in total. The lowest BCUT2D eigenvalue weighted by Crippen LogP contribution is -2.35. The SMILES string of the molecule is CC(C)(OCCc1cccs1)C(=O)O. The third-order valence-corrected chi connectivity index (χ3v) is 2.84. The zero-order chi connectivity index (χ0) is 10.6. The zero-order valence-corrected chi connectivity index (χ0v) is 9.13. The van der Waals surface area contributed by atoms with Crippen molar-refractivity contribution in [3.05, 3.63) is 22.4 Å². The van der Waals surface area contributed by atoms with Crippen LogP contribution in [0.5, 0.6) is 0 Å². The molecule has 0 unspecified atom stereocenters. The first-order valence-electron chi connectivity index (χ1n) is 4.42. The zero-order valence-electron chi connectivity index (χ0n) is 8.32. The minimum absolute atomic E-state index is 0.444. The van der Waals surface area contributed by atoms with Crippen LogP contribution in [-0.4, -0.2) is 23.3 Å². The average Bonchev–Trinajstić information content (AvgIpc) is 2.56. The predicted octanol–water partition coefficient (Wildman–Crippen LogP) is 2.17.